The highest BCUT2D eigenvalue weighted by Crippen LogP contribution is 2.53. The van der Waals surface area contributed by atoms with E-state index >= 15 is 0 Å². The molecule has 2 nitrogen and oxygen atoms in total. The summed E-state index contributed by atoms with van der Waals surface area (Å²) in [6, 6.07) is 15.9. The summed E-state index contributed by atoms with van der Waals surface area (Å²) in [6.07, 6.45) is 3.89. The minimum Gasteiger partial charge on any atom is -0.508 e. The molecule has 2 heteroatoms. The number of para-hydroxylation sites is 1. The van der Waals surface area contributed by atoms with E-state index in [1.165, 1.54) is 30.4 Å². The van der Waals surface area contributed by atoms with Crippen molar-refractivity contribution in [3.05, 3.63) is 59.7 Å². The Balaban J connectivity index is 1.76. The Labute approximate surface area is 119 Å². The molecule has 0 saturated heterocycles. The molecule has 1 N–H and O–H groups in total. The molecule has 0 spiro atoms. The first-order valence-electron chi connectivity index (χ1n) is 7.37. The van der Waals surface area contributed by atoms with Crippen LogP contribution in [-0.4, -0.2) is 5.11 Å². The Morgan fingerprint density at radius 1 is 0.950 bits per heavy atom. The molecule has 1 heterocycles. The molecule has 1 fully saturated rings. The maximum atomic E-state index is 9.46. The highest BCUT2D eigenvalue weighted by atomic mass is 16.5. The van der Waals surface area contributed by atoms with Crippen molar-refractivity contribution in [2.45, 2.75) is 31.3 Å². The third-order valence-corrected chi connectivity index (χ3v) is 4.75. The molecule has 2 aliphatic rings. The van der Waals surface area contributed by atoms with Crippen LogP contribution in [0.3, 0.4) is 0 Å². The molecule has 0 amide bonds. The first-order chi connectivity index (χ1) is 9.83. The van der Waals surface area contributed by atoms with Crippen LogP contribution in [0.5, 0.6) is 11.5 Å². The van der Waals surface area contributed by atoms with Gasteiger partial charge in [0.05, 0.1) is 0 Å². The molecule has 0 bridgehead atoms. The number of phenols is 1. The predicted octanol–water partition coefficient (Wildman–Crippen LogP) is 4.41. The summed E-state index contributed by atoms with van der Waals surface area (Å²) in [5.41, 5.74) is 2.55. The van der Waals surface area contributed by atoms with E-state index in [4.69, 9.17) is 4.74 Å². The average molecular weight is 266 g/mol. The smallest absolute Gasteiger partial charge is 0.127 e. The van der Waals surface area contributed by atoms with E-state index in [9.17, 15) is 5.11 Å². The topological polar surface area (TPSA) is 29.5 Å². The van der Waals surface area contributed by atoms with Crippen molar-refractivity contribution in [1.82, 2.24) is 0 Å². The van der Waals surface area contributed by atoms with Crippen LogP contribution in [-0.2, 0) is 0 Å². The van der Waals surface area contributed by atoms with Gasteiger partial charge in [-0.15, -0.1) is 0 Å². The van der Waals surface area contributed by atoms with Crippen LogP contribution in [0, 0.1) is 5.92 Å². The lowest BCUT2D eigenvalue weighted by molar-refractivity contribution is 0.104. The zero-order valence-electron chi connectivity index (χ0n) is 11.3. The van der Waals surface area contributed by atoms with Gasteiger partial charge in [-0.1, -0.05) is 36.8 Å². The van der Waals surface area contributed by atoms with Crippen molar-refractivity contribution in [2.75, 3.05) is 0 Å². The SMILES string of the molecule is Oc1ccc([C@@H]2Oc3ccccc3[C@@H]3CCC[C@H]32)cc1. The van der Waals surface area contributed by atoms with Gasteiger partial charge < -0.3 is 9.84 Å². The van der Waals surface area contributed by atoms with Crippen LogP contribution in [0.4, 0.5) is 0 Å². The van der Waals surface area contributed by atoms with Crippen LogP contribution < -0.4 is 4.74 Å². The summed E-state index contributed by atoms with van der Waals surface area (Å²) in [4.78, 5) is 0. The molecule has 0 aromatic heterocycles. The largest absolute Gasteiger partial charge is 0.508 e. The summed E-state index contributed by atoms with van der Waals surface area (Å²) < 4.78 is 6.29. The van der Waals surface area contributed by atoms with Crippen molar-refractivity contribution >= 4 is 0 Å². The van der Waals surface area contributed by atoms with Gasteiger partial charge in [-0.2, -0.15) is 0 Å². The quantitative estimate of drug-likeness (QED) is 0.828. The Hall–Kier alpha value is -1.96. The van der Waals surface area contributed by atoms with Gasteiger partial charge >= 0.3 is 0 Å². The fourth-order valence-electron chi connectivity index (χ4n) is 3.83. The van der Waals surface area contributed by atoms with Crippen molar-refractivity contribution in [1.29, 1.82) is 0 Å². The normalized spacial score (nSPS) is 27.5. The van der Waals surface area contributed by atoms with Gasteiger partial charge in [-0.25, -0.2) is 0 Å². The van der Waals surface area contributed by atoms with Crippen LogP contribution in [0.15, 0.2) is 48.5 Å². The Bertz CT molecular complexity index is 618. The van der Waals surface area contributed by atoms with E-state index < -0.39 is 0 Å². The van der Waals surface area contributed by atoms with Gasteiger partial charge in [-0.05, 0) is 48.1 Å². The van der Waals surface area contributed by atoms with Crippen LogP contribution in [0.1, 0.15) is 42.4 Å². The standard InChI is InChI=1S/C18H18O2/c19-13-10-8-12(9-11-13)18-16-6-3-5-14(16)15-4-1-2-7-17(15)20-18/h1-2,4,7-11,14,16,18-19H,3,5-6H2/t14-,16+,18-/m0/s1. The Kier molecular flexibility index (Phi) is 2.69. The molecule has 0 unspecified atom stereocenters. The summed E-state index contributed by atoms with van der Waals surface area (Å²) >= 11 is 0. The van der Waals surface area contributed by atoms with Gasteiger partial charge in [0.15, 0.2) is 0 Å². The second-order valence-corrected chi connectivity index (χ2v) is 5.87. The van der Waals surface area contributed by atoms with Crippen LogP contribution in [0.2, 0.25) is 0 Å². The molecule has 4 rings (SSSR count). The van der Waals surface area contributed by atoms with Crippen molar-refractivity contribution in [3.8, 4) is 11.5 Å². The van der Waals surface area contributed by atoms with Crippen molar-refractivity contribution in [3.63, 3.8) is 0 Å². The maximum absolute atomic E-state index is 9.46. The molecule has 102 valence electrons. The fraction of sp³-hybridized carbons (Fsp3) is 0.333. The fourth-order valence-corrected chi connectivity index (χ4v) is 3.83. The first-order valence-corrected chi connectivity index (χ1v) is 7.37. The lowest BCUT2D eigenvalue weighted by Gasteiger charge is -2.36. The Morgan fingerprint density at radius 2 is 1.75 bits per heavy atom. The zero-order chi connectivity index (χ0) is 13.5. The van der Waals surface area contributed by atoms with Gasteiger partial charge in [-0.3, -0.25) is 0 Å². The average Bonchev–Trinajstić information content (AvgIpc) is 2.97. The van der Waals surface area contributed by atoms with E-state index in [2.05, 4.69) is 18.2 Å². The van der Waals surface area contributed by atoms with Crippen LogP contribution >= 0.6 is 0 Å². The molecule has 2 aromatic carbocycles. The summed E-state index contributed by atoms with van der Waals surface area (Å²) in [7, 11) is 0. The van der Waals surface area contributed by atoms with Gasteiger partial charge in [0.2, 0.25) is 0 Å². The molecular formula is C18H18O2. The van der Waals surface area contributed by atoms with E-state index in [0.29, 0.717) is 17.6 Å². The minimum atomic E-state index is 0.123. The summed E-state index contributed by atoms with van der Waals surface area (Å²) in [5, 5.41) is 9.46. The lowest BCUT2D eigenvalue weighted by Crippen LogP contribution is -2.26. The molecule has 2 aromatic rings. The predicted molar refractivity (Wildman–Crippen MR) is 78.0 cm³/mol. The number of hydrogen-bond acceptors (Lipinski definition) is 2. The summed E-state index contributed by atoms with van der Waals surface area (Å²) in [6.45, 7) is 0. The number of benzene rings is 2. The Morgan fingerprint density at radius 3 is 2.60 bits per heavy atom. The lowest BCUT2D eigenvalue weighted by atomic mass is 9.80. The molecule has 1 aliphatic heterocycles. The maximum Gasteiger partial charge on any atom is 0.127 e. The first kappa shape index (κ1) is 11.8. The highest BCUT2D eigenvalue weighted by Gasteiger charge is 2.41. The van der Waals surface area contributed by atoms with Gasteiger partial charge in [0.25, 0.3) is 0 Å². The third kappa shape index (κ3) is 1.79. The molecule has 1 aliphatic carbocycles. The van der Waals surface area contributed by atoms with E-state index in [-0.39, 0.29) is 6.10 Å². The second kappa shape index (κ2) is 4.55. The number of rotatable bonds is 1. The van der Waals surface area contributed by atoms with E-state index in [1.807, 2.05) is 18.2 Å². The summed E-state index contributed by atoms with van der Waals surface area (Å²) in [5.74, 6) is 2.54. The minimum absolute atomic E-state index is 0.123. The number of aromatic hydroxyl groups is 1. The van der Waals surface area contributed by atoms with Gasteiger partial charge in [0.1, 0.15) is 17.6 Å². The number of fused-ring (bicyclic) bond motifs is 3. The number of hydrogen-bond donors (Lipinski definition) is 1. The van der Waals surface area contributed by atoms with Crippen molar-refractivity contribution in [2.24, 2.45) is 5.92 Å². The van der Waals surface area contributed by atoms with Crippen LogP contribution in [0.25, 0.3) is 0 Å². The van der Waals surface area contributed by atoms with E-state index in [1.54, 1.807) is 12.1 Å². The molecule has 1 saturated carbocycles. The van der Waals surface area contributed by atoms with Gasteiger partial charge in [0, 0.05) is 5.92 Å². The third-order valence-electron chi connectivity index (χ3n) is 4.75. The highest BCUT2D eigenvalue weighted by molar-refractivity contribution is 5.41. The molecule has 0 radical (unpaired) electrons. The molecule has 3 atom stereocenters. The zero-order valence-corrected chi connectivity index (χ0v) is 11.3. The van der Waals surface area contributed by atoms with Crippen molar-refractivity contribution < 1.29 is 9.84 Å². The second-order valence-electron chi connectivity index (χ2n) is 5.87. The number of phenolic OH excluding ortho intramolecular Hbond substituents is 1. The number of ether oxygens (including phenoxy) is 1. The molecule has 20 heavy (non-hydrogen) atoms. The van der Waals surface area contributed by atoms with E-state index in [0.717, 1.165) is 5.75 Å². The monoisotopic (exact) mass is 266 g/mol. The molecular weight excluding hydrogens is 248 g/mol.